The van der Waals surface area contributed by atoms with E-state index in [1.807, 2.05) is 6.92 Å². The normalized spacial score (nSPS) is 18.2. The molecule has 19 heavy (non-hydrogen) atoms. The molecule has 1 aliphatic rings. The van der Waals surface area contributed by atoms with Crippen LogP contribution < -0.4 is 5.32 Å². The molecule has 0 aromatic carbocycles. The first-order valence-corrected chi connectivity index (χ1v) is 7.63. The van der Waals surface area contributed by atoms with Crippen molar-refractivity contribution in [2.75, 3.05) is 26.2 Å². The van der Waals surface area contributed by atoms with Crippen LogP contribution in [-0.2, 0) is 0 Å². The summed E-state index contributed by atoms with van der Waals surface area (Å²) in [5.41, 5.74) is 2.42. The quantitative estimate of drug-likeness (QED) is 0.847. The molecule has 5 nitrogen and oxygen atoms in total. The van der Waals surface area contributed by atoms with E-state index in [9.17, 15) is 9.90 Å². The van der Waals surface area contributed by atoms with Crippen LogP contribution in [0, 0.1) is 6.92 Å². The van der Waals surface area contributed by atoms with Crippen LogP contribution in [0.3, 0.4) is 0 Å². The third-order valence-electron chi connectivity index (χ3n) is 3.43. The lowest BCUT2D eigenvalue weighted by Gasteiger charge is -2.30. The number of amides is 1. The zero-order valence-electron chi connectivity index (χ0n) is 11.3. The Morgan fingerprint density at radius 2 is 2.26 bits per heavy atom. The third-order valence-corrected chi connectivity index (χ3v) is 4.36. The largest absolute Gasteiger partial charge is 0.394 e. The van der Waals surface area contributed by atoms with Crippen LogP contribution in [0.1, 0.15) is 34.6 Å². The standard InChI is InChI=1S/C13H21N3O2S/c1-10-12(19-9-14-10)13(18)15-11(8-17)7-16-5-3-2-4-6-16/h9,11,17H,2-8H2,1H3,(H,15,18). The minimum atomic E-state index is -0.202. The van der Waals surface area contributed by atoms with Gasteiger partial charge in [0, 0.05) is 6.54 Å². The van der Waals surface area contributed by atoms with Crippen molar-refractivity contribution in [1.29, 1.82) is 0 Å². The summed E-state index contributed by atoms with van der Waals surface area (Å²) in [4.78, 5) is 19.1. The summed E-state index contributed by atoms with van der Waals surface area (Å²) >= 11 is 1.34. The van der Waals surface area contributed by atoms with Gasteiger partial charge in [0.25, 0.3) is 5.91 Å². The zero-order valence-corrected chi connectivity index (χ0v) is 12.1. The summed E-state index contributed by atoms with van der Waals surface area (Å²) < 4.78 is 0. The molecule has 0 bridgehead atoms. The first kappa shape index (κ1) is 14.4. The zero-order chi connectivity index (χ0) is 13.7. The maximum absolute atomic E-state index is 12.1. The van der Waals surface area contributed by atoms with E-state index in [2.05, 4.69) is 15.2 Å². The second kappa shape index (κ2) is 6.98. The molecule has 1 amide bonds. The molecular weight excluding hydrogens is 262 g/mol. The second-order valence-electron chi connectivity index (χ2n) is 4.98. The van der Waals surface area contributed by atoms with Gasteiger partial charge in [0.1, 0.15) is 4.88 Å². The summed E-state index contributed by atoms with van der Waals surface area (Å²) in [7, 11) is 0. The Hall–Kier alpha value is -0.980. The highest BCUT2D eigenvalue weighted by atomic mass is 32.1. The number of aromatic nitrogens is 1. The van der Waals surface area contributed by atoms with Crippen LogP contribution in [-0.4, -0.2) is 53.2 Å². The number of nitrogens with one attached hydrogen (secondary N) is 1. The average molecular weight is 283 g/mol. The minimum Gasteiger partial charge on any atom is -0.394 e. The van der Waals surface area contributed by atoms with E-state index in [1.165, 1.54) is 30.6 Å². The summed E-state index contributed by atoms with van der Waals surface area (Å²) in [5, 5.41) is 12.3. The Morgan fingerprint density at radius 1 is 1.53 bits per heavy atom. The van der Waals surface area contributed by atoms with Crippen LogP contribution in [0.25, 0.3) is 0 Å². The van der Waals surface area contributed by atoms with E-state index in [1.54, 1.807) is 5.51 Å². The van der Waals surface area contributed by atoms with Crippen LogP contribution in [0.2, 0.25) is 0 Å². The highest BCUT2D eigenvalue weighted by Crippen LogP contribution is 2.13. The third kappa shape index (κ3) is 3.99. The van der Waals surface area contributed by atoms with Gasteiger partial charge in [-0.05, 0) is 32.9 Å². The number of piperidine rings is 1. The number of nitrogens with zero attached hydrogens (tertiary/aromatic N) is 2. The van der Waals surface area contributed by atoms with Crippen molar-refractivity contribution in [3.63, 3.8) is 0 Å². The van der Waals surface area contributed by atoms with Gasteiger partial charge in [0.2, 0.25) is 0 Å². The lowest BCUT2D eigenvalue weighted by Crippen LogP contribution is -2.47. The van der Waals surface area contributed by atoms with Crippen molar-refractivity contribution in [3.8, 4) is 0 Å². The van der Waals surface area contributed by atoms with Gasteiger partial charge < -0.3 is 15.3 Å². The van der Waals surface area contributed by atoms with Gasteiger partial charge in [-0.2, -0.15) is 0 Å². The van der Waals surface area contributed by atoms with Crippen LogP contribution >= 0.6 is 11.3 Å². The summed E-state index contributed by atoms with van der Waals surface area (Å²) in [6, 6.07) is -0.202. The Labute approximate surface area is 117 Å². The molecule has 1 fully saturated rings. The van der Waals surface area contributed by atoms with Gasteiger partial charge in [0.15, 0.2) is 0 Å². The monoisotopic (exact) mass is 283 g/mol. The van der Waals surface area contributed by atoms with Gasteiger partial charge in [-0.1, -0.05) is 6.42 Å². The van der Waals surface area contributed by atoms with E-state index < -0.39 is 0 Å². The summed E-state index contributed by atoms with van der Waals surface area (Å²) in [6.45, 7) is 4.64. The molecule has 6 heteroatoms. The number of aryl methyl sites for hydroxylation is 1. The molecule has 1 aromatic heterocycles. The Balaban J connectivity index is 1.88. The second-order valence-corrected chi connectivity index (χ2v) is 5.84. The number of aliphatic hydroxyl groups is 1. The first-order chi connectivity index (χ1) is 9.20. The van der Waals surface area contributed by atoms with E-state index in [4.69, 9.17) is 0 Å². The molecule has 106 valence electrons. The summed E-state index contributed by atoms with van der Waals surface area (Å²) in [6.07, 6.45) is 3.70. The molecule has 1 aromatic rings. The smallest absolute Gasteiger partial charge is 0.263 e. The van der Waals surface area contributed by atoms with Gasteiger partial charge in [-0.3, -0.25) is 4.79 Å². The van der Waals surface area contributed by atoms with Crippen molar-refractivity contribution < 1.29 is 9.90 Å². The van der Waals surface area contributed by atoms with Crippen molar-refractivity contribution in [2.24, 2.45) is 0 Å². The number of hydrogen-bond acceptors (Lipinski definition) is 5. The molecule has 1 atom stereocenters. The number of carbonyl (C=O) groups excluding carboxylic acids is 1. The number of carbonyl (C=O) groups is 1. The number of thiazole rings is 1. The molecule has 2 N–H and O–H groups in total. The number of rotatable bonds is 5. The molecule has 1 aliphatic heterocycles. The van der Waals surface area contributed by atoms with E-state index in [-0.39, 0.29) is 18.6 Å². The van der Waals surface area contributed by atoms with Crippen molar-refractivity contribution >= 4 is 17.2 Å². The van der Waals surface area contributed by atoms with Gasteiger partial charge in [-0.15, -0.1) is 11.3 Å². The molecule has 2 rings (SSSR count). The SMILES string of the molecule is Cc1ncsc1C(=O)NC(CO)CN1CCCCC1. The maximum atomic E-state index is 12.1. The highest BCUT2D eigenvalue weighted by Gasteiger charge is 2.20. The van der Waals surface area contributed by atoms with Crippen molar-refractivity contribution in [3.05, 3.63) is 16.1 Å². The van der Waals surface area contributed by atoms with E-state index in [0.717, 1.165) is 25.3 Å². The molecule has 2 heterocycles. The molecule has 1 saturated heterocycles. The van der Waals surface area contributed by atoms with E-state index >= 15 is 0 Å². The lowest BCUT2D eigenvalue weighted by atomic mass is 10.1. The van der Waals surface area contributed by atoms with E-state index in [0.29, 0.717) is 4.88 Å². The lowest BCUT2D eigenvalue weighted by molar-refractivity contribution is 0.0889. The molecule has 0 spiro atoms. The fourth-order valence-electron chi connectivity index (χ4n) is 2.37. The Morgan fingerprint density at radius 3 is 2.84 bits per heavy atom. The fraction of sp³-hybridized carbons (Fsp3) is 0.692. The predicted octanol–water partition coefficient (Wildman–Crippen LogP) is 1.03. The van der Waals surface area contributed by atoms with Crippen LogP contribution in [0.5, 0.6) is 0 Å². The highest BCUT2D eigenvalue weighted by molar-refractivity contribution is 7.11. The number of hydrogen-bond donors (Lipinski definition) is 2. The number of likely N-dealkylation sites (tertiary alicyclic amines) is 1. The van der Waals surface area contributed by atoms with Crippen molar-refractivity contribution in [2.45, 2.75) is 32.2 Å². The molecule has 0 aliphatic carbocycles. The molecule has 0 saturated carbocycles. The predicted molar refractivity (Wildman–Crippen MR) is 75.5 cm³/mol. The molecule has 1 unspecified atom stereocenters. The van der Waals surface area contributed by atoms with Crippen LogP contribution in [0.4, 0.5) is 0 Å². The van der Waals surface area contributed by atoms with Gasteiger partial charge in [0.05, 0.1) is 23.9 Å². The first-order valence-electron chi connectivity index (χ1n) is 6.75. The van der Waals surface area contributed by atoms with Crippen LogP contribution in [0.15, 0.2) is 5.51 Å². The average Bonchev–Trinajstić information content (AvgIpc) is 2.85. The Kier molecular flexibility index (Phi) is 5.30. The fourth-order valence-corrected chi connectivity index (χ4v) is 3.08. The topological polar surface area (TPSA) is 65.5 Å². The van der Waals surface area contributed by atoms with Crippen molar-refractivity contribution in [1.82, 2.24) is 15.2 Å². The molecule has 0 radical (unpaired) electrons. The summed E-state index contributed by atoms with van der Waals surface area (Å²) in [5.74, 6) is -0.129. The van der Waals surface area contributed by atoms with Gasteiger partial charge in [-0.25, -0.2) is 4.98 Å². The Bertz CT molecular complexity index is 416. The number of aliphatic hydroxyl groups excluding tert-OH is 1. The maximum Gasteiger partial charge on any atom is 0.263 e. The molecular formula is C13H21N3O2S. The van der Waals surface area contributed by atoms with Gasteiger partial charge >= 0.3 is 0 Å². The minimum absolute atomic E-state index is 0.0277.